The third-order valence-electron chi connectivity index (χ3n) is 3.87. The molecule has 1 aliphatic rings. The largest absolute Gasteiger partial charge is 0.496 e. The Kier molecular flexibility index (Phi) is 4.66. The van der Waals surface area contributed by atoms with Gasteiger partial charge in [0.2, 0.25) is 0 Å². The quantitative estimate of drug-likeness (QED) is 0.844. The molecule has 1 atom stereocenters. The summed E-state index contributed by atoms with van der Waals surface area (Å²) in [6.07, 6.45) is 1.22. The zero-order valence-electron chi connectivity index (χ0n) is 12.2. The maximum absolute atomic E-state index is 5.81. The Labute approximate surface area is 116 Å². The van der Waals surface area contributed by atoms with Gasteiger partial charge in [-0.2, -0.15) is 0 Å². The number of nitrogen functional groups attached to an aromatic ring is 1. The number of rotatable bonds is 3. The summed E-state index contributed by atoms with van der Waals surface area (Å²) >= 11 is 0. The van der Waals surface area contributed by atoms with E-state index in [4.69, 9.17) is 10.5 Å². The Morgan fingerprint density at radius 3 is 2.89 bits per heavy atom. The molecule has 0 bridgehead atoms. The number of methoxy groups -OCH3 is 1. The second kappa shape index (κ2) is 6.26. The molecule has 0 spiro atoms. The molecule has 4 heteroatoms. The highest BCUT2D eigenvalue weighted by molar-refractivity contribution is 5.48. The summed E-state index contributed by atoms with van der Waals surface area (Å²) in [5.41, 5.74) is 7.78. The van der Waals surface area contributed by atoms with Crippen molar-refractivity contribution in [1.82, 2.24) is 9.80 Å². The third-order valence-corrected chi connectivity index (χ3v) is 3.87. The van der Waals surface area contributed by atoms with Crippen LogP contribution in [0, 0.1) is 0 Å². The lowest BCUT2D eigenvalue weighted by molar-refractivity contribution is 0.192. The van der Waals surface area contributed by atoms with Crippen molar-refractivity contribution in [3.63, 3.8) is 0 Å². The van der Waals surface area contributed by atoms with Crippen LogP contribution in [0.15, 0.2) is 18.2 Å². The number of benzene rings is 1. The first-order valence-corrected chi connectivity index (χ1v) is 6.95. The van der Waals surface area contributed by atoms with E-state index in [-0.39, 0.29) is 0 Å². The molecule has 0 amide bonds. The van der Waals surface area contributed by atoms with Gasteiger partial charge >= 0.3 is 0 Å². The minimum atomic E-state index is 0.565. The predicted molar refractivity (Wildman–Crippen MR) is 79.4 cm³/mol. The lowest BCUT2D eigenvalue weighted by atomic mass is 10.1. The van der Waals surface area contributed by atoms with E-state index in [9.17, 15) is 0 Å². The zero-order chi connectivity index (χ0) is 13.8. The molecular formula is C15H25N3O. The molecule has 0 saturated carbocycles. The summed E-state index contributed by atoms with van der Waals surface area (Å²) < 4.78 is 5.44. The summed E-state index contributed by atoms with van der Waals surface area (Å²) in [6.45, 7) is 6.67. The first-order valence-electron chi connectivity index (χ1n) is 6.95. The number of nitrogens with two attached hydrogens (primary N) is 1. The molecule has 2 N–H and O–H groups in total. The molecule has 1 aromatic rings. The van der Waals surface area contributed by atoms with E-state index in [1.165, 1.54) is 18.5 Å². The van der Waals surface area contributed by atoms with E-state index < -0.39 is 0 Å². The van der Waals surface area contributed by atoms with E-state index in [0.717, 1.165) is 31.1 Å². The van der Waals surface area contributed by atoms with E-state index in [2.05, 4.69) is 29.8 Å². The van der Waals surface area contributed by atoms with Crippen LogP contribution >= 0.6 is 0 Å². The van der Waals surface area contributed by atoms with Crippen LogP contribution in [0.1, 0.15) is 18.9 Å². The number of ether oxygens (including phenoxy) is 1. The predicted octanol–water partition coefficient (Wildman–Crippen LogP) is 1.80. The second-order valence-corrected chi connectivity index (χ2v) is 5.51. The molecule has 1 unspecified atom stereocenters. The van der Waals surface area contributed by atoms with Crippen molar-refractivity contribution in [2.75, 3.05) is 39.5 Å². The highest BCUT2D eigenvalue weighted by Gasteiger charge is 2.20. The first-order chi connectivity index (χ1) is 9.10. The van der Waals surface area contributed by atoms with Crippen molar-refractivity contribution in [3.8, 4) is 5.75 Å². The van der Waals surface area contributed by atoms with Crippen molar-refractivity contribution in [3.05, 3.63) is 23.8 Å². The summed E-state index contributed by atoms with van der Waals surface area (Å²) in [4.78, 5) is 4.93. The smallest absolute Gasteiger partial charge is 0.125 e. The fourth-order valence-corrected chi connectivity index (χ4v) is 2.77. The fraction of sp³-hybridized carbons (Fsp3) is 0.600. The molecule has 1 fully saturated rings. The summed E-state index contributed by atoms with van der Waals surface area (Å²) in [5, 5.41) is 0. The molecule has 106 valence electrons. The normalized spacial score (nSPS) is 22.2. The molecule has 2 rings (SSSR count). The highest BCUT2D eigenvalue weighted by atomic mass is 16.5. The molecule has 0 aliphatic carbocycles. The van der Waals surface area contributed by atoms with Crippen molar-refractivity contribution in [2.45, 2.75) is 25.9 Å². The monoisotopic (exact) mass is 263 g/mol. The Hall–Kier alpha value is -1.26. The molecule has 0 radical (unpaired) electrons. The number of likely N-dealkylation sites (N-methyl/N-ethyl adjacent to an activating group) is 1. The topological polar surface area (TPSA) is 41.7 Å². The van der Waals surface area contributed by atoms with Gasteiger partial charge in [-0.25, -0.2) is 0 Å². The second-order valence-electron chi connectivity index (χ2n) is 5.51. The average molecular weight is 263 g/mol. The van der Waals surface area contributed by atoms with Gasteiger partial charge in [0.1, 0.15) is 5.75 Å². The van der Waals surface area contributed by atoms with Gasteiger partial charge in [0.05, 0.1) is 7.11 Å². The Morgan fingerprint density at radius 2 is 2.16 bits per heavy atom. The van der Waals surface area contributed by atoms with Crippen LogP contribution in [-0.4, -0.2) is 49.6 Å². The molecule has 1 heterocycles. The number of hydrogen-bond donors (Lipinski definition) is 1. The van der Waals surface area contributed by atoms with Crippen LogP contribution in [0.4, 0.5) is 5.69 Å². The van der Waals surface area contributed by atoms with Gasteiger partial charge in [-0.1, -0.05) is 6.07 Å². The van der Waals surface area contributed by atoms with Gasteiger partial charge in [-0.3, -0.25) is 4.90 Å². The highest BCUT2D eigenvalue weighted by Crippen LogP contribution is 2.24. The van der Waals surface area contributed by atoms with Crippen LogP contribution < -0.4 is 10.5 Å². The molecule has 4 nitrogen and oxygen atoms in total. The summed E-state index contributed by atoms with van der Waals surface area (Å²) in [6, 6.07) is 6.50. The van der Waals surface area contributed by atoms with Gasteiger partial charge in [0.25, 0.3) is 0 Å². The SMILES string of the molecule is COc1cc(N)ccc1CN1CCCN(C)CC1C. The summed E-state index contributed by atoms with van der Waals surface area (Å²) in [7, 11) is 3.90. The van der Waals surface area contributed by atoms with E-state index in [0.29, 0.717) is 6.04 Å². The van der Waals surface area contributed by atoms with E-state index in [1.54, 1.807) is 7.11 Å². The van der Waals surface area contributed by atoms with Crippen LogP contribution in [0.2, 0.25) is 0 Å². The third kappa shape index (κ3) is 3.61. The van der Waals surface area contributed by atoms with Gasteiger partial charge < -0.3 is 15.4 Å². The average Bonchev–Trinajstić information content (AvgIpc) is 2.53. The van der Waals surface area contributed by atoms with Crippen LogP contribution in [0.25, 0.3) is 0 Å². The van der Waals surface area contributed by atoms with Crippen molar-refractivity contribution in [1.29, 1.82) is 0 Å². The molecule has 19 heavy (non-hydrogen) atoms. The van der Waals surface area contributed by atoms with Crippen LogP contribution in [0.5, 0.6) is 5.75 Å². The van der Waals surface area contributed by atoms with E-state index >= 15 is 0 Å². The van der Waals surface area contributed by atoms with Crippen molar-refractivity contribution < 1.29 is 4.74 Å². The standard InChI is InChI=1S/C15H25N3O/c1-12-10-17(2)7-4-8-18(12)11-13-5-6-14(16)9-15(13)19-3/h5-6,9,12H,4,7-8,10-11,16H2,1-3H3. The molecular weight excluding hydrogens is 238 g/mol. The molecule has 1 aromatic carbocycles. The molecule has 1 saturated heterocycles. The first kappa shape index (κ1) is 14.2. The molecule has 1 aliphatic heterocycles. The van der Waals surface area contributed by atoms with E-state index in [1.807, 2.05) is 12.1 Å². The Bertz CT molecular complexity index is 422. The fourth-order valence-electron chi connectivity index (χ4n) is 2.77. The lowest BCUT2D eigenvalue weighted by Gasteiger charge is -2.28. The molecule has 0 aromatic heterocycles. The van der Waals surface area contributed by atoms with Crippen molar-refractivity contribution >= 4 is 5.69 Å². The van der Waals surface area contributed by atoms with Crippen LogP contribution in [0.3, 0.4) is 0 Å². The van der Waals surface area contributed by atoms with Gasteiger partial charge in [-0.05, 0) is 33.0 Å². The van der Waals surface area contributed by atoms with Gasteiger partial charge in [-0.15, -0.1) is 0 Å². The number of anilines is 1. The van der Waals surface area contributed by atoms with Gasteiger partial charge in [0, 0.05) is 43.0 Å². The minimum Gasteiger partial charge on any atom is -0.496 e. The maximum Gasteiger partial charge on any atom is 0.125 e. The summed E-state index contributed by atoms with van der Waals surface area (Å²) in [5.74, 6) is 0.893. The zero-order valence-corrected chi connectivity index (χ0v) is 12.2. The number of hydrogen-bond acceptors (Lipinski definition) is 4. The van der Waals surface area contributed by atoms with Crippen LogP contribution in [-0.2, 0) is 6.54 Å². The Morgan fingerprint density at radius 1 is 1.37 bits per heavy atom. The van der Waals surface area contributed by atoms with Gasteiger partial charge in [0.15, 0.2) is 0 Å². The maximum atomic E-state index is 5.81. The minimum absolute atomic E-state index is 0.565. The lowest BCUT2D eigenvalue weighted by Crippen LogP contribution is -2.37. The van der Waals surface area contributed by atoms with Crippen molar-refractivity contribution in [2.24, 2.45) is 0 Å². The Balaban J connectivity index is 2.11. The number of nitrogens with zero attached hydrogens (tertiary/aromatic N) is 2.